The third-order valence-corrected chi connectivity index (χ3v) is 10.9. The molecule has 31 heavy (non-hydrogen) atoms. The van der Waals surface area contributed by atoms with Crippen LogP contribution in [0, 0.1) is 40.4 Å². The first kappa shape index (κ1) is 23.8. The molecule has 0 heterocycles. The van der Waals surface area contributed by atoms with E-state index in [1.165, 1.54) is 31.3 Å². The van der Waals surface area contributed by atoms with Crippen LogP contribution in [0.3, 0.4) is 0 Å². The summed E-state index contributed by atoms with van der Waals surface area (Å²) in [5.74, 6) is 2.83. The van der Waals surface area contributed by atoms with Crippen molar-refractivity contribution in [2.24, 2.45) is 40.4 Å². The molecule has 4 aliphatic rings. The highest BCUT2D eigenvalue weighted by molar-refractivity contribution is 5.29. The summed E-state index contributed by atoms with van der Waals surface area (Å²) < 4.78 is 0. The molecule has 3 N–H and O–H groups in total. The molecule has 0 spiro atoms. The molecule has 0 unspecified atom stereocenters. The second kappa shape index (κ2) is 7.84. The van der Waals surface area contributed by atoms with Crippen LogP contribution in [0.2, 0.25) is 0 Å². The van der Waals surface area contributed by atoms with Gasteiger partial charge in [-0.3, -0.25) is 0 Å². The quantitative estimate of drug-likeness (QED) is 0.477. The monoisotopic (exact) mass is 432 g/mol. The molecule has 0 bridgehead atoms. The molecule has 0 aromatic carbocycles. The van der Waals surface area contributed by atoms with E-state index < -0.39 is 11.2 Å². The van der Waals surface area contributed by atoms with Gasteiger partial charge in [-0.25, -0.2) is 0 Å². The fraction of sp³-hybridized carbons (Fsp3) is 0.929. The molecule has 178 valence electrons. The summed E-state index contributed by atoms with van der Waals surface area (Å²) in [7, 11) is 0. The summed E-state index contributed by atoms with van der Waals surface area (Å²) in [5.41, 5.74) is 0.643. The number of aliphatic hydroxyl groups is 3. The summed E-state index contributed by atoms with van der Waals surface area (Å²) in [6.45, 7) is 13.3. The standard InChI is InChI=1S/C28H48O3/c1-7-28(31)15-14-26(5)19(17-28)16-23(29)24-21-9-8-20(18(2)10-12-25(3,4)30)27(21,6)13-11-22(24)26/h16,18,20-24,29-31H,7-15,17H2,1-6H3/t18-,20-,21+,22+,23+,24+,26+,27-,28+/m1/s1. The number of hydrogen-bond acceptors (Lipinski definition) is 3. The van der Waals surface area contributed by atoms with Crippen LogP contribution in [-0.4, -0.2) is 32.6 Å². The third kappa shape index (κ3) is 3.95. The van der Waals surface area contributed by atoms with E-state index in [1.54, 1.807) is 0 Å². The Kier molecular flexibility index (Phi) is 6.01. The van der Waals surface area contributed by atoms with Gasteiger partial charge in [0.1, 0.15) is 0 Å². The highest BCUT2D eigenvalue weighted by Gasteiger charge is 2.61. The minimum atomic E-state index is -0.582. The number of hydrogen-bond donors (Lipinski definition) is 3. The first-order chi connectivity index (χ1) is 14.3. The third-order valence-electron chi connectivity index (χ3n) is 10.9. The Labute approximate surface area is 190 Å². The van der Waals surface area contributed by atoms with Crippen molar-refractivity contribution in [1.82, 2.24) is 0 Å². The zero-order valence-corrected chi connectivity index (χ0v) is 21.0. The van der Waals surface area contributed by atoms with Gasteiger partial charge in [0.25, 0.3) is 0 Å². The maximum absolute atomic E-state index is 11.4. The molecule has 9 atom stereocenters. The largest absolute Gasteiger partial charge is 0.390 e. The Morgan fingerprint density at radius 3 is 2.45 bits per heavy atom. The van der Waals surface area contributed by atoms with Crippen LogP contribution in [-0.2, 0) is 0 Å². The van der Waals surface area contributed by atoms with E-state index in [-0.39, 0.29) is 11.5 Å². The van der Waals surface area contributed by atoms with E-state index in [0.717, 1.165) is 38.5 Å². The molecular formula is C28H48O3. The van der Waals surface area contributed by atoms with Gasteiger partial charge in [0, 0.05) is 0 Å². The normalized spacial score (nSPS) is 48.4. The van der Waals surface area contributed by atoms with E-state index in [9.17, 15) is 15.3 Å². The Bertz CT molecular complexity index is 708. The second-order valence-corrected chi connectivity index (χ2v) is 13.2. The molecular weight excluding hydrogens is 384 g/mol. The van der Waals surface area contributed by atoms with Crippen molar-refractivity contribution >= 4 is 0 Å². The molecule has 3 fully saturated rings. The van der Waals surface area contributed by atoms with Gasteiger partial charge < -0.3 is 15.3 Å². The predicted octanol–water partition coefficient (Wildman–Crippen LogP) is 5.86. The van der Waals surface area contributed by atoms with E-state index in [2.05, 4.69) is 33.8 Å². The molecule has 0 aliphatic heterocycles. The van der Waals surface area contributed by atoms with Crippen LogP contribution in [0.1, 0.15) is 106 Å². The lowest BCUT2D eigenvalue weighted by Crippen LogP contribution is -2.56. The second-order valence-electron chi connectivity index (χ2n) is 13.2. The Morgan fingerprint density at radius 2 is 1.81 bits per heavy atom. The van der Waals surface area contributed by atoms with Crippen molar-refractivity contribution < 1.29 is 15.3 Å². The van der Waals surface area contributed by atoms with Crippen molar-refractivity contribution in [2.45, 2.75) is 123 Å². The van der Waals surface area contributed by atoms with Crippen LogP contribution in [0.15, 0.2) is 11.6 Å². The lowest BCUT2D eigenvalue weighted by Gasteiger charge is -2.60. The van der Waals surface area contributed by atoms with E-state index >= 15 is 0 Å². The summed E-state index contributed by atoms with van der Waals surface area (Å²) in [4.78, 5) is 0. The zero-order valence-electron chi connectivity index (χ0n) is 21.0. The molecule has 4 rings (SSSR count). The number of fused-ring (bicyclic) bond motifs is 5. The highest BCUT2D eigenvalue weighted by Crippen LogP contribution is 2.67. The van der Waals surface area contributed by atoms with Crippen molar-refractivity contribution in [1.29, 1.82) is 0 Å². The van der Waals surface area contributed by atoms with Gasteiger partial charge in [0.15, 0.2) is 0 Å². The molecule has 0 radical (unpaired) electrons. The van der Waals surface area contributed by atoms with Crippen LogP contribution in [0.25, 0.3) is 0 Å². The van der Waals surface area contributed by atoms with Gasteiger partial charge in [-0.15, -0.1) is 0 Å². The van der Waals surface area contributed by atoms with Crippen molar-refractivity contribution in [3.63, 3.8) is 0 Å². The Morgan fingerprint density at radius 1 is 1.10 bits per heavy atom. The van der Waals surface area contributed by atoms with Crippen molar-refractivity contribution in [3.05, 3.63) is 11.6 Å². The Hall–Kier alpha value is -0.380. The lowest BCUT2D eigenvalue weighted by atomic mass is 9.45. The topological polar surface area (TPSA) is 60.7 Å². The highest BCUT2D eigenvalue weighted by atomic mass is 16.3. The van der Waals surface area contributed by atoms with Crippen molar-refractivity contribution in [3.8, 4) is 0 Å². The molecule has 0 saturated heterocycles. The van der Waals surface area contributed by atoms with E-state index in [4.69, 9.17) is 0 Å². The molecule has 3 nitrogen and oxygen atoms in total. The molecule has 0 amide bonds. The maximum atomic E-state index is 11.4. The molecule has 4 aliphatic carbocycles. The Balaban J connectivity index is 1.57. The van der Waals surface area contributed by atoms with Crippen molar-refractivity contribution in [2.75, 3.05) is 0 Å². The van der Waals surface area contributed by atoms with Gasteiger partial charge in [0.05, 0.1) is 17.3 Å². The minimum Gasteiger partial charge on any atom is -0.390 e. The van der Waals surface area contributed by atoms with E-state index in [0.29, 0.717) is 35.0 Å². The molecule has 3 saturated carbocycles. The van der Waals surface area contributed by atoms with Gasteiger partial charge in [0.2, 0.25) is 0 Å². The fourth-order valence-corrected chi connectivity index (χ4v) is 8.76. The zero-order chi connectivity index (χ0) is 22.8. The van der Waals surface area contributed by atoms with Crippen LogP contribution >= 0.6 is 0 Å². The molecule has 3 heteroatoms. The van der Waals surface area contributed by atoms with Gasteiger partial charge in [-0.2, -0.15) is 0 Å². The molecule has 0 aromatic heterocycles. The summed E-state index contributed by atoms with van der Waals surface area (Å²) in [6, 6.07) is 0. The van der Waals surface area contributed by atoms with Gasteiger partial charge >= 0.3 is 0 Å². The van der Waals surface area contributed by atoms with Gasteiger partial charge in [-0.1, -0.05) is 39.3 Å². The van der Waals surface area contributed by atoms with Crippen LogP contribution in [0.4, 0.5) is 0 Å². The average molecular weight is 433 g/mol. The first-order valence-corrected chi connectivity index (χ1v) is 13.2. The van der Waals surface area contributed by atoms with Crippen LogP contribution < -0.4 is 0 Å². The number of aliphatic hydroxyl groups excluding tert-OH is 1. The maximum Gasteiger partial charge on any atom is 0.0757 e. The molecule has 0 aromatic rings. The summed E-state index contributed by atoms with van der Waals surface area (Å²) in [6.07, 6.45) is 12.3. The summed E-state index contributed by atoms with van der Waals surface area (Å²) in [5, 5.41) is 32.6. The summed E-state index contributed by atoms with van der Waals surface area (Å²) >= 11 is 0. The minimum absolute atomic E-state index is 0.150. The fourth-order valence-electron chi connectivity index (χ4n) is 8.76. The van der Waals surface area contributed by atoms with Gasteiger partial charge in [-0.05, 0) is 118 Å². The number of rotatable bonds is 5. The average Bonchev–Trinajstić information content (AvgIpc) is 3.04. The first-order valence-electron chi connectivity index (χ1n) is 13.2. The van der Waals surface area contributed by atoms with Crippen LogP contribution in [0.5, 0.6) is 0 Å². The SMILES string of the molecule is CC[C@]1(O)CC[C@@]2(C)C(=C[C@H](O)[C@H]3[C@@H]4CC[C@H]([C@H](C)CCC(C)(C)O)[C@@]4(C)CC[C@@H]32)C1. The lowest BCUT2D eigenvalue weighted by molar-refractivity contribution is -0.108. The predicted molar refractivity (Wildman–Crippen MR) is 127 cm³/mol. The smallest absolute Gasteiger partial charge is 0.0757 e. The van der Waals surface area contributed by atoms with E-state index in [1.807, 2.05) is 13.8 Å².